The van der Waals surface area contributed by atoms with Crippen LogP contribution in [0.5, 0.6) is 0 Å². The van der Waals surface area contributed by atoms with E-state index in [2.05, 4.69) is 30.9 Å². The largest absolute Gasteiger partial charge is 0.508 e. The number of unbranched alkanes of at least 4 members (excludes halogenated alkanes) is 15. The van der Waals surface area contributed by atoms with E-state index >= 15 is 0 Å². The number of carbonyl (C=O) groups is 2. The number of carbonyl (C=O) groups excluding carboxylic acids is 2. The summed E-state index contributed by atoms with van der Waals surface area (Å²) in [6.07, 6.45) is 30.5. The Kier molecular flexibility index (Phi) is 29.7. The first kappa shape index (κ1) is 40.4. The Bertz CT molecular complexity index is 636. The number of nitrogens with zero attached hydrogens (tertiary/aromatic N) is 1. The molecular formula is C36H69NO5. The number of rotatable bonds is 30. The van der Waals surface area contributed by atoms with Crippen molar-refractivity contribution < 1.29 is 23.8 Å². The molecular weight excluding hydrogens is 526 g/mol. The highest BCUT2D eigenvalue weighted by atomic mass is 16.7. The number of hydrogen-bond donors (Lipinski definition) is 0. The van der Waals surface area contributed by atoms with Gasteiger partial charge in [0.05, 0.1) is 6.61 Å². The van der Waals surface area contributed by atoms with Gasteiger partial charge in [0.25, 0.3) is 0 Å². The second-order valence-electron chi connectivity index (χ2n) is 12.4. The molecule has 0 aliphatic rings. The van der Waals surface area contributed by atoms with Crippen LogP contribution in [-0.4, -0.2) is 56.5 Å². The maximum Gasteiger partial charge on any atom is 0.508 e. The molecule has 0 spiro atoms. The van der Waals surface area contributed by atoms with Crippen molar-refractivity contribution in [3.8, 4) is 0 Å². The summed E-state index contributed by atoms with van der Waals surface area (Å²) < 4.78 is 16.6. The lowest BCUT2D eigenvalue weighted by Crippen LogP contribution is -2.21. The van der Waals surface area contributed by atoms with Gasteiger partial charge in [-0.05, 0) is 71.9 Å². The minimum atomic E-state index is -0.498. The molecule has 0 bridgehead atoms. The van der Waals surface area contributed by atoms with Crippen molar-refractivity contribution in [2.75, 3.05) is 27.2 Å². The SMILES string of the molecule is CCCCCCCCCCC(CCCCCCC/C=C\CC(CCCCCC)OC(C)=O)OC(=O)OCCCN(C)C. The van der Waals surface area contributed by atoms with E-state index in [1.807, 2.05) is 14.1 Å². The quantitative estimate of drug-likeness (QED) is 0.0467. The summed E-state index contributed by atoms with van der Waals surface area (Å²) in [4.78, 5) is 25.8. The smallest absolute Gasteiger partial charge is 0.462 e. The van der Waals surface area contributed by atoms with E-state index in [-0.39, 0.29) is 18.2 Å². The molecule has 0 saturated heterocycles. The van der Waals surface area contributed by atoms with Crippen LogP contribution in [0, 0.1) is 0 Å². The van der Waals surface area contributed by atoms with E-state index in [9.17, 15) is 9.59 Å². The molecule has 2 unspecified atom stereocenters. The van der Waals surface area contributed by atoms with Gasteiger partial charge in [0.1, 0.15) is 12.2 Å². The lowest BCUT2D eigenvalue weighted by molar-refractivity contribution is -0.146. The molecule has 0 fully saturated rings. The topological polar surface area (TPSA) is 65.1 Å². The minimum Gasteiger partial charge on any atom is -0.462 e. The van der Waals surface area contributed by atoms with E-state index < -0.39 is 6.16 Å². The number of ether oxygens (including phenoxy) is 3. The molecule has 42 heavy (non-hydrogen) atoms. The third-order valence-electron chi connectivity index (χ3n) is 7.79. The summed E-state index contributed by atoms with van der Waals surface area (Å²) in [6.45, 7) is 7.29. The van der Waals surface area contributed by atoms with Crippen LogP contribution in [0.1, 0.15) is 168 Å². The lowest BCUT2D eigenvalue weighted by Gasteiger charge is -2.18. The van der Waals surface area contributed by atoms with Gasteiger partial charge in [0, 0.05) is 19.9 Å². The second-order valence-corrected chi connectivity index (χ2v) is 12.4. The fraction of sp³-hybridized carbons (Fsp3) is 0.889. The van der Waals surface area contributed by atoms with Gasteiger partial charge in [0.2, 0.25) is 0 Å². The Morgan fingerprint density at radius 1 is 0.619 bits per heavy atom. The van der Waals surface area contributed by atoms with E-state index in [0.29, 0.717) is 6.61 Å². The molecule has 0 aliphatic carbocycles. The first-order valence-corrected chi connectivity index (χ1v) is 17.7. The van der Waals surface area contributed by atoms with Crippen molar-refractivity contribution in [2.45, 2.75) is 181 Å². The van der Waals surface area contributed by atoms with Gasteiger partial charge in [0.15, 0.2) is 0 Å². The molecule has 6 heteroatoms. The predicted molar refractivity (Wildman–Crippen MR) is 177 cm³/mol. The Morgan fingerprint density at radius 2 is 1.12 bits per heavy atom. The molecule has 6 nitrogen and oxygen atoms in total. The highest BCUT2D eigenvalue weighted by Gasteiger charge is 2.15. The van der Waals surface area contributed by atoms with Crippen LogP contribution in [0.3, 0.4) is 0 Å². The van der Waals surface area contributed by atoms with Gasteiger partial charge in [-0.1, -0.05) is 109 Å². The normalized spacial score (nSPS) is 13.0. The second kappa shape index (κ2) is 30.9. The maximum absolute atomic E-state index is 12.3. The maximum atomic E-state index is 12.3. The summed E-state index contributed by atoms with van der Waals surface area (Å²) in [5, 5.41) is 0. The molecule has 0 heterocycles. The molecule has 248 valence electrons. The summed E-state index contributed by atoms with van der Waals surface area (Å²) >= 11 is 0. The zero-order valence-corrected chi connectivity index (χ0v) is 28.5. The van der Waals surface area contributed by atoms with Gasteiger partial charge in [-0.3, -0.25) is 4.79 Å². The first-order valence-electron chi connectivity index (χ1n) is 17.7. The summed E-state index contributed by atoms with van der Waals surface area (Å²) in [5.74, 6) is -0.175. The van der Waals surface area contributed by atoms with Crippen LogP contribution in [-0.2, 0) is 19.0 Å². The van der Waals surface area contributed by atoms with Crippen LogP contribution in [0.15, 0.2) is 12.2 Å². The Morgan fingerprint density at radius 3 is 1.67 bits per heavy atom. The fourth-order valence-corrected chi connectivity index (χ4v) is 5.26. The first-order chi connectivity index (χ1) is 20.4. The van der Waals surface area contributed by atoms with Gasteiger partial charge < -0.3 is 19.1 Å². The Hall–Kier alpha value is -1.56. The van der Waals surface area contributed by atoms with E-state index in [1.165, 1.54) is 96.8 Å². The molecule has 0 aliphatic heterocycles. The van der Waals surface area contributed by atoms with Crippen molar-refractivity contribution in [1.82, 2.24) is 4.90 Å². The Balaban J connectivity index is 4.21. The molecule has 0 N–H and O–H groups in total. The molecule has 0 aromatic heterocycles. The van der Waals surface area contributed by atoms with Crippen LogP contribution < -0.4 is 0 Å². The van der Waals surface area contributed by atoms with Crippen molar-refractivity contribution in [2.24, 2.45) is 0 Å². The zero-order chi connectivity index (χ0) is 31.1. The van der Waals surface area contributed by atoms with Crippen molar-refractivity contribution in [3.63, 3.8) is 0 Å². The molecule has 0 radical (unpaired) electrons. The third-order valence-corrected chi connectivity index (χ3v) is 7.79. The van der Waals surface area contributed by atoms with Gasteiger partial charge in [-0.25, -0.2) is 4.79 Å². The average molecular weight is 596 g/mol. The van der Waals surface area contributed by atoms with Crippen LogP contribution >= 0.6 is 0 Å². The van der Waals surface area contributed by atoms with E-state index in [0.717, 1.165) is 64.3 Å². The molecule has 0 saturated carbocycles. The number of hydrogen-bond acceptors (Lipinski definition) is 6. The number of allylic oxidation sites excluding steroid dienone is 1. The lowest BCUT2D eigenvalue weighted by atomic mass is 10.0. The molecule has 2 atom stereocenters. The van der Waals surface area contributed by atoms with Crippen LogP contribution in [0.4, 0.5) is 4.79 Å². The molecule has 0 aromatic carbocycles. The van der Waals surface area contributed by atoms with Gasteiger partial charge in [-0.15, -0.1) is 0 Å². The summed E-state index contributed by atoms with van der Waals surface area (Å²) in [6, 6.07) is 0. The summed E-state index contributed by atoms with van der Waals surface area (Å²) in [7, 11) is 4.04. The number of esters is 1. The molecule has 0 aromatic rings. The fourth-order valence-electron chi connectivity index (χ4n) is 5.26. The average Bonchev–Trinajstić information content (AvgIpc) is 2.95. The van der Waals surface area contributed by atoms with Crippen molar-refractivity contribution in [3.05, 3.63) is 12.2 Å². The monoisotopic (exact) mass is 596 g/mol. The Labute approximate surface area is 260 Å². The third kappa shape index (κ3) is 29.9. The minimum absolute atomic E-state index is 0.0203. The summed E-state index contributed by atoms with van der Waals surface area (Å²) in [5.41, 5.74) is 0. The van der Waals surface area contributed by atoms with E-state index in [4.69, 9.17) is 14.2 Å². The van der Waals surface area contributed by atoms with Crippen molar-refractivity contribution in [1.29, 1.82) is 0 Å². The molecule has 0 amide bonds. The van der Waals surface area contributed by atoms with E-state index in [1.54, 1.807) is 0 Å². The predicted octanol–water partition coefficient (Wildman–Crippen LogP) is 10.6. The standard InChI is InChI=1S/C36H69NO5/c1-6-8-10-12-13-16-20-24-29-35(42-36(39)40-32-26-31-37(4)5)30-25-21-18-15-14-17-19-23-28-34(41-33(3)38)27-22-11-9-7-2/h19,23,34-35H,6-18,20-22,24-32H2,1-5H3/b23-19-. The zero-order valence-electron chi connectivity index (χ0n) is 28.5. The molecule has 0 rings (SSSR count). The highest BCUT2D eigenvalue weighted by molar-refractivity contribution is 5.66. The van der Waals surface area contributed by atoms with Crippen LogP contribution in [0.2, 0.25) is 0 Å². The van der Waals surface area contributed by atoms with Gasteiger partial charge >= 0.3 is 12.1 Å². The van der Waals surface area contributed by atoms with Crippen molar-refractivity contribution >= 4 is 12.1 Å². The van der Waals surface area contributed by atoms with Gasteiger partial charge in [-0.2, -0.15) is 0 Å². The van der Waals surface area contributed by atoms with Crippen LogP contribution in [0.25, 0.3) is 0 Å². The highest BCUT2D eigenvalue weighted by Crippen LogP contribution is 2.18.